The molecule has 0 aliphatic carbocycles. The van der Waals surface area contributed by atoms with Crippen molar-refractivity contribution in [3.05, 3.63) is 70.3 Å². The summed E-state index contributed by atoms with van der Waals surface area (Å²) in [5.41, 5.74) is 4.56. The van der Waals surface area contributed by atoms with Crippen LogP contribution < -0.4 is 0 Å². The lowest BCUT2D eigenvalue weighted by Crippen LogP contribution is -2.57. The average molecular weight is 374 g/mol. The molecule has 2 fully saturated rings. The molecule has 4 heteroatoms. The number of piperidine rings is 1. The van der Waals surface area contributed by atoms with E-state index >= 15 is 0 Å². The molecule has 28 heavy (non-hydrogen) atoms. The molecule has 2 atom stereocenters. The van der Waals surface area contributed by atoms with Crippen LogP contribution in [0.5, 0.6) is 0 Å². The number of morpholine rings is 1. The summed E-state index contributed by atoms with van der Waals surface area (Å²) in [5.74, 6) is 0.256. The molecule has 144 valence electrons. The summed E-state index contributed by atoms with van der Waals surface area (Å²) in [4.78, 5) is 15.9. The maximum atomic E-state index is 13.4. The number of hydrogen-bond acceptors (Lipinski definition) is 4. The van der Waals surface area contributed by atoms with Crippen molar-refractivity contribution in [3.8, 4) is 6.07 Å². The highest BCUT2D eigenvalue weighted by Gasteiger charge is 2.41. The number of fused-ring (bicyclic) bond motifs is 2. The third kappa shape index (κ3) is 3.61. The van der Waals surface area contributed by atoms with Gasteiger partial charge in [0.15, 0.2) is 5.78 Å². The van der Waals surface area contributed by atoms with E-state index < -0.39 is 0 Å². The van der Waals surface area contributed by atoms with Crippen LogP contribution >= 0.6 is 0 Å². The Hall–Kier alpha value is -2.48. The molecule has 0 aromatic heterocycles. The van der Waals surface area contributed by atoms with Crippen molar-refractivity contribution in [2.24, 2.45) is 5.92 Å². The van der Waals surface area contributed by atoms with Gasteiger partial charge in [-0.2, -0.15) is 5.26 Å². The van der Waals surface area contributed by atoms with Crippen LogP contribution in [0, 0.1) is 31.1 Å². The summed E-state index contributed by atoms with van der Waals surface area (Å²) >= 11 is 0. The Morgan fingerprint density at radius 2 is 1.71 bits per heavy atom. The van der Waals surface area contributed by atoms with E-state index in [1.54, 1.807) is 0 Å². The lowest BCUT2D eigenvalue weighted by Gasteiger charge is -2.48. The molecular weight excluding hydrogens is 348 g/mol. The summed E-state index contributed by atoms with van der Waals surface area (Å²) in [6, 6.07) is 16.9. The van der Waals surface area contributed by atoms with E-state index in [1.807, 2.05) is 32.0 Å². The predicted molar refractivity (Wildman–Crippen MR) is 108 cm³/mol. The van der Waals surface area contributed by atoms with Crippen molar-refractivity contribution in [1.29, 1.82) is 5.26 Å². The first-order chi connectivity index (χ1) is 13.6. The van der Waals surface area contributed by atoms with Crippen molar-refractivity contribution < 1.29 is 9.53 Å². The van der Waals surface area contributed by atoms with Crippen molar-refractivity contribution in [2.75, 3.05) is 13.2 Å². The van der Waals surface area contributed by atoms with Crippen molar-refractivity contribution >= 4 is 5.78 Å². The fraction of sp³-hybridized carbons (Fsp3) is 0.417. The molecular formula is C24H26N2O2. The monoisotopic (exact) mass is 374 g/mol. The van der Waals surface area contributed by atoms with E-state index in [9.17, 15) is 4.79 Å². The minimum absolute atomic E-state index is 0.0243. The van der Waals surface area contributed by atoms with Gasteiger partial charge in [0.25, 0.3) is 0 Å². The first-order valence-electron chi connectivity index (χ1n) is 9.99. The average Bonchev–Trinajstić information content (AvgIpc) is 2.67. The van der Waals surface area contributed by atoms with Crippen LogP contribution in [0.25, 0.3) is 0 Å². The van der Waals surface area contributed by atoms with Crippen LogP contribution in [0.15, 0.2) is 42.5 Å². The molecule has 0 spiro atoms. The van der Waals surface area contributed by atoms with Crippen LogP contribution in [-0.2, 0) is 11.3 Å². The first kappa shape index (κ1) is 18.9. The van der Waals surface area contributed by atoms with E-state index in [0.29, 0.717) is 18.8 Å². The summed E-state index contributed by atoms with van der Waals surface area (Å²) < 4.78 is 5.83. The quantitative estimate of drug-likeness (QED) is 0.758. The van der Waals surface area contributed by atoms with Crippen LogP contribution in [-0.4, -0.2) is 36.0 Å². The van der Waals surface area contributed by atoms with Crippen molar-refractivity contribution in [3.63, 3.8) is 0 Å². The second kappa shape index (κ2) is 7.87. The lowest BCUT2D eigenvalue weighted by atomic mass is 9.78. The lowest BCUT2D eigenvalue weighted by molar-refractivity contribution is -0.0872. The van der Waals surface area contributed by atoms with E-state index in [0.717, 1.165) is 36.1 Å². The number of ketones is 1. The maximum absolute atomic E-state index is 13.4. The molecule has 2 aliphatic rings. The number of rotatable bonds is 4. The predicted octanol–water partition coefficient (Wildman–Crippen LogP) is 4.04. The highest BCUT2D eigenvalue weighted by molar-refractivity contribution is 6.00. The number of nitriles is 1. The fourth-order valence-electron chi connectivity index (χ4n) is 4.88. The van der Waals surface area contributed by atoms with Gasteiger partial charge in [-0.15, -0.1) is 0 Å². The Morgan fingerprint density at radius 1 is 1.11 bits per heavy atom. The Kier molecular flexibility index (Phi) is 5.30. The Labute approximate surface area is 166 Å². The first-order valence-corrected chi connectivity index (χ1v) is 9.99. The standard InChI is InChI=1S/C24H26N2O2/c1-16-8-19(12-25)9-17(2)23(16)24(27)20-10-21-14-28-15-22(11-20)26(21)13-18-6-4-3-5-7-18/h3-9,20-22H,10-11,13-15H2,1-2H3. The van der Waals surface area contributed by atoms with Gasteiger partial charge in [-0.05, 0) is 55.5 Å². The summed E-state index contributed by atoms with van der Waals surface area (Å²) in [6.45, 7) is 6.18. The third-order valence-electron chi connectivity index (χ3n) is 6.16. The van der Waals surface area contributed by atoms with Crippen LogP contribution in [0.3, 0.4) is 0 Å². The molecule has 2 aromatic rings. The normalized spacial score (nSPS) is 24.5. The number of nitrogens with zero attached hydrogens (tertiary/aromatic N) is 2. The largest absolute Gasteiger partial charge is 0.378 e. The zero-order valence-electron chi connectivity index (χ0n) is 16.5. The summed E-state index contributed by atoms with van der Waals surface area (Å²) in [7, 11) is 0. The Balaban J connectivity index is 1.54. The second-order valence-electron chi connectivity index (χ2n) is 8.13. The zero-order valence-corrected chi connectivity index (χ0v) is 16.5. The highest BCUT2D eigenvalue weighted by atomic mass is 16.5. The third-order valence-corrected chi connectivity index (χ3v) is 6.16. The van der Waals surface area contributed by atoms with Crippen LogP contribution in [0.4, 0.5) is 0 Å². The minimum Gasteiger partial charge on any atom is -0.378 e. The molecule has 0 saturated carbocycles. The molecule has 0 amide bonds. The second-order valence-corrected chi connectivity index (χ2v) is 8.13. The number of Topliss-reactive ketones (excluding diaryl/α,β-unsaturated/α-hetero) is 1. The molecule has 0 N–H and O–H groups in total. The van der Waals surface area contributed by atoms with Crippen LogP contribution in [0.1, 0.15) is 45.5 Å². The molecule has 4 rings (SSSR count). The number of benzene rings is 2. The van der Waals surface area contributed by atoms with E-state index in [2.05, 4.69) is 35.2 Å². The van der Waals surface area contributed by atoms with Crippen molar-refractivity contribution in [2.45, 2.75) is 45.3 Å². The molecule has 2 saturated heterocycles. The van der Waals surface area contributed by atoms with E-state index in [1.165, 1.54) is 5.56 Å². The Bertz CT molecular complexity index is 879. The van der Waals surface area contributed by atoms with Gasteiger partial charge in [0.2, 0.25) is 0 Å². The summed E-state index contributed by atoms with van der Waals surface area (Å²) in [6.07, 6.45) is 1.67. The number of aryl methyl sites for hydroxylation is 2. The molecule has 2 bridgehead atoms. The number of carbonyl (C=O) groups is 1. The molecule has 2 aliphatic heterocycles. The maximum Gasteiger partial charge on any atom is 0.166 e. The van der Waals surface area contributed by atoms with Gasteiger partial charge < -0.3 is 4.74 Å². The van der Waals surface area contributed by atoms with Gasteiger partial charge in [0, 0.05) is 30.1 Å². The van der Waals surface area contributed by atoms with E-state index in [-0.39, 0.29) is 23.8 Å². The van der Waals surface area contributed by atoms with Crippen molar-refractivity contribution in [1.82, 2.24) is 4.90 Å². The Morgan fingerprint density at radius 3 is 2.29 bits per heavy atom. The van der Waals surface area contributed by atoms with Gasteiger partial charge in [-0.1, -0.05) is 30.3 Å². The summed E-state index contributed by atoms with van der Waals surface area (Å²) in [5, 5.41) is 9.17. The highest BCUT2D eigenvalue weighted by Crippen LogP contribution is 2.35. The zero-order chi connectivity index (χ0) is 19.7. The smallest absolute Gasteiger partial charge is 0.166 e. The SMILES string of the molecule is Cc1cc(C#N)cc(C)c1C(=O)C1CC2COCC(C1)N2Cc1ccccc1. The van der Waals surface area contributed by atoms with E-state index in [4.69, 9.17) is 10.00 Å². The number of ether oxygens (including phenoxy) is 1. The topological polar surface area (TPSA) is 53.3 Å². The molecule has 2 aromatic carbocycles. The number of carbonyl (C=O) groups excluding carboxylic acids is 1. The molecule has 4 nitrogen and oxygen atoms in total. The van der Waals surface area contributed by atoms with Gasteiger partial charge in [0.05, 0.1) is 24.8 Å². The van der Waals surface area contributed by atoms with Gasteiger partial charge in [-0.25, -0.2) is 0 Å². The fourth-order valence-corrected chi connectivity index (χ4v) is 4.88. The molecule has 2 unspecified atom stereocenters. The molecule has 2 heterocycles. The molecule has 0 radical (unpaired) electrons. The van der Waals surface area contributed by atoms with Gasteiger partial charge >= 0.3 is 0 Å². The van der Waals surface area contributed by atoms with Crippen LogP contribution in [0.2, 0.25) is 0 Å². The van der Waals surface area contributed by atoms with Gasteiger partial charge in [0.1, 0.15) is 0 Å². The number of hydrogen-bond donors (Lipinski definition) is 0. The van der Waals surface area contributed by atoms with Gasteiger partial charge in [-0.3, -0.25) is 9.69 Å². The minimum atomic E-state index is 0.0243.